The van der Waals surface area contributed by atoms with Crippen LogP contribution in [-0.2, 0) is 28.7 Å². The number of carboxylic acid groups (broad SMARTS) is 2. The van der Waals surface area contributed by atoms with Crippen molar-refractivity contribution < 1.29 is 38.9 Å². The molecule has 0 fully saturated rings. The summed E-state index contributed by atoms with van der Waals surface area (Å²) in [6.07, 6.45) is 9.31. The number of ether oxygens (including phenoxy) is 2. The van der Waals surface area contributed by atoms with Gasteiger partial charge in [0, 0.05) is 24.0 Å². The molecule has 0 saturated carbocycles. The van der Waals surface area contributed by atoms with E-state index in [1.807, 2.05) is 0 Å². The van der Waals surface area contributed by atoms with Gasteiger partial charge in [-0.25, -0.2) is 9.59 Å². The molecule has 0 amide bonds. The molecule has 0 bridgehead atoms. The van der Waals surface area contributed by atoms with E-state index in [1.54, 1.807) is 0 Å². The first kappa shape index (κ1) is 31.4. The van der Waals surface area contributed by atoms with Crippen LogP contribution >= 0.6 is 0 Å². The lowest BCUT2D eigenvalue weighted by Gasteiger charge is -2.25. The number of aliphatic carboxylic acids is 2. The van der Waals surface area contributed by atoms with E-state index in [2.05, 4.69) is 27.0 Å². The van der Waals surface area contributed by atoms with E-state index >= 15 is 0 Å². The van der Waals surface area contributed by atoms with Crippen LogP contribution < -0.4 is 0 Å². The predicted octanol–water partition coefficient (Wildman–Crippen LogP) is 5.45. The van der Waals surface area contributed by atoms with Crippen molar-refractivity contribution >= 4 is 23.9 Å². The van der Waals surface area contributed by atoms with Crippen molar-refractivity contribution in [1.29, 1.82) is 0 Å². The zero-order valence-electron chi connectivity index (χ0n) is 20.9. The van der Waals surface area contributed by atoms with Crippen LogP contribution in [0.1, 0.15) is 97.3 Å². The summed E-state index contributed by atoms with van der Waals surface area (Å²) >= 11 is 0. The lowest BCUT2D eigenvalue weighted by Crippen LogP contribution is -2.41. The highest BCUT2D eigenvalue weighted by Gasteiger charge is 2.49. The van der Waals surface area contributed by atoms with Gasteiger partial charge in [-0.05, 0) is 12.8 Å². The molecule has 0 aromatic carbocycles. The lowest BCUT2D eigenvalue weighted by atomic mass is 9.76. The van der Waals surface area contributed by atoms with E-state index in [0.29, 0.717) is 12.8 Å². The van der Waals surface area contributed by atoms with Crippen LogP contribution in [0.4, 0.5) is 0 Å². The van der Waals surface area contributed by atoms with Gasteiger partial charge < -0.3 is 19.7 Å². The summed E-state index contributed by atoms with van der Waals surface area (Å²) in [6, 6.07) is 0. The molecule has 8 heteroatoms. The van der Waals surface area contributed by atoms with Crippen LogP contribution in [0.2, 0.25) is 0 Å². The van der Waals surface area contributed by atoms with Crippen LogP contribution in [0.5, 0.6) is 0 Å². The van der Waals surface area contributed by atoms with Crippen LogP contribution in [0, 0.1) is 5.41 Å². The Bertz CT molecular complexity index is 681. The Hall–Kier alpha value is -2.64. The minimum absolute atomic E-state index is 0.145. The summed E-state index contributed by atoms with van der Waals surface area (Å²) in [5.74, 6) is -5.09. The average molecular weight is 483 g/mol. The molecule has 0 aliphatic rings. The fraction of sp³-hybridized carbons (Fsp3) is 0.692. The molecule has 8 nitrogen and oxygen atoms in total. The van der Waals surface area contributed by atoms with Crippen molar-refractivity contribution in [3.05, 3.63) is 24.3 Å². The van der Waals surface area contributed by atoms with Crippen LogP contribution in [0.3, 0.4) is 0 Å². The Morgan fingerprint density at radius 3 is 1.26 bits per heavy atom. The zero-order chi connectivity index (χ0) is 26.0. The molecule has 0 aromatic heterocycles. The smallest absolute Gasteiger partial charge is 0.333 e. The summed E-state index contributed by atoms with van der Waals surface area (Å²) in [7, 11) is 0. The number of carbonyl (C=O) groups is 4. The highest BCUT2D eigenvalue weighted by molar-refractivity contribution is 6.02. The van der Waals surface area contributed by atoms with Crippen molar-refractivity contribution in [3.63, 3.8) is 0 Å². The molecule has 0 atom stereocenters. The fourth-order valence-electron chi connectivity index (χ4n) is 3.45. The van der Waals surface area contributed by atoms with Gasteiger partial charge in [-0.1, -0.05) is 84.8 Å². The number of hydrogen-bond acceptors (Lipinski definition) is 6. The molecule has 0 saturated heterocycles. The molecule has 0 rings (SSSR count). The van der Waals surface area contributed by atoms with Crippen molar-refractivity contribution in [3.8, 4) is 0 Å². The van der Waals surface area contributed by atoms with Crippen LogP contribution in [-0.4, -0.2) is 47.3 Å². The monoisotopic (exact) mass is 482 g/mol. The second-order valence-electron chi connectivity index (χ2n) is 8.71. The molecule has 0 heterocycles. The fourth-order valence-corrected chi connectivity index (χ4v) is 3.45. The van der Waals surface area contributed by atoms with Gasteiger partial charge in [0.1, 0.15) is 0 Å². The molecule has 0 radical (unpaired) electrons. The zero-order valence-corrected chi connectivity index (χ0v) is 20.9. The lowest BCUT2D eigenvalue weighted by molar-refractivity contribution is -0.164. The third-order valence-electron chi connectivity index (χ3n) is 5.64. The minimum Gasteiger partial charge on any atom is -0.480 e. The number of rotatable bonds is 21. The van der Waals surface area contributed by atoms with Crippen molar-refractivity contribution in [1.82, 2.24) is 0 Å². The molecule has 194 valence electrons. The SMILES string of the molecule is C=C(CC(CC(=C)C(=O)OCCCCCCCC)(C(=O)O)C(=O)O)C(=O)OCCCCCCC. The Balaban J connectivity index is 4.86. The third kappa shape index (κ3) is 12.0. The molecular weight excluding hydrogens is 440 g/mol. The molecule has 0 unspecified atom stereocenters. The first-order valence-corrected chi connectivity index (χ1v) is 12.3. The molecular formula is C26H42O8. The molecule has 2 N–H and O–H groups in total. The third-order valence-corrected chi connectivity index (χ3v) is 5.64. The molecule has 0 aliphatic heterocycles. The highest BCUT2D eigenvalue weighted by atomic mass is 16.5. The van der Waals surface area contributed by atoms with E-state index in [9.17, 15) is 29.4 Å². The summed E-state index contributed by atoms with van der Waals surface area (Å²) in [6.45, 7) is 11.6. The highest BCUT2D eigenvalue weighted by Crippen LogP contribution is 2.34. The van der Waals surface area contributed by atoms with Gasteiger partial charge >= 0.3 is 23.9 Å². The van der Waals surface area contributed by atoms with E-state index in [0.717, 1.165) is 57.8 Å². The van der Waals surface area contributed by atoms with Crippen LogP contribution in [0.15, 0.2) is 24.3 Å². The second-order valence-corrected chi connectivity index (χ2v) is 8.71. The first-order valence-electron chi connectivity index (χ1n) is 12.3. The van der Waals surface area contributed by atoms with Gasteiger partial charge in [0.2, 0.25) is 0 Å². The Morgan fingerprint density at radius 1 is 0.618 bits per heavy atom. The van der Waals surface area contributed by atoms with Gasteiger partial charge in [-0.15, -0.1) is 0 Å². The van der Waals surface area contributed by atoms with Crippen molar-refractivity contribution in [2.75, 3.05) is 13.2 Å². The van der Waals surface area contributed by atoms with Crippen molar-refractivity contribution in [2.24, 2.45) is 5.41 Å². The van der Waals surface area contributed by atoms with Gasteiger partial charge in [0.25, 0.3) is 0 Å². The molecule has 0 aromatic rings. The first-order chi connectivity index (χ1) is 16.1. The Morgan fingerprint density at radius 2 is 0.941 bits per heavy atom. The largest absolute Gasteiger partial charge is 0.480 e. The van der Waals surface area contributed by atoms with E-state index in [-0.39, 0.29) is 24.4 Å². The predicted molar refractivity (Wildman–Crippen MR) is 129 cm³/mol. The molecule has 34 heavy (non-hydrogen) atoms. The maximum absolute atomic E-state index is 12.2. The van der Waals surface area contributed by atoms with Gasteiger partial charge in [-0.3, -0.25) is 9.59 Å². The number of hydrogen-bond donors (Lipinski definition) is 2. The number of esters is 2. The van der Waals surface area contributed by atoms with Crippen molar-refractivity contribution in [2.45, 2.75) is 97.3 Å². The molecule has 0 aliphatic carbocycles. The second kappa shape index (κ2) is 17.8. The number of carboxylic acids is 2. The average Bonchev–Trinajstić information content (AvgIpc) is 2.79. The number of unbranched alkanes of at least 4 members (excludes halogenated alkanes) is 9. The summed E-state index contributed by atoms with van der Waals surface area (Å²) in [5.41, 5.74) is -3.05. The minimum atomic E-state index is -2.48. The quantitative estimate of drug-likeness (QED) is 0.0956. The Kier molecular flexibility index (Phi) is 16.4. The number of carbonyl (C=O) groups excluding carboxylic acids is 2. The van der Waals surface area contributed by atoms with Gasteiger partial charge in [-0.2, -0.15) is 0 Å². The summed E-state index contributed by atoms with van der Waals surface area (Å²) in [4.78, 5) is 48.4. The molecule has 0 spiro atoms. The van der Waals surface area contributed by atoms with Gasteiger partial charge in [0.15, 0.2) is 5.41 Å². The van der Waals surface area contributed by atoms with Gasteiger partial charge in [0.05, 0.1) is 13.2 Å². The maximum atomic E-state index is 12.2. The van der Waals surface area contributed by atoms with E-state index < -0.39 is 42.1 Å². The van der Waals surface area contributed by atoms with E-state index in [4.69, 9.17) is 9.47 Å². The normalized spacial score (nSPS) is 11.0. The summed E-state index contributed by atoms with van der Waals surface area (Å²) < 4.78 is 10.2. The van der Waals surface area contributed by atoms with Crippen LogP contribution in [0.25, 0.3) is 0 Å². The standard InChI is InChI=1S/C26H42O8/c1-5-7-9-11-13-15-17-34-23(28)21(4)19-26(24(29)30,25(31)32)18-20(3)22(27)33-16-14-12-10-8-6-2/h3-19H2,1-2H3,(H,29,30)(H,31,32). The van der Waals surface area contributed by atoms with E-state index in [1.165, 1.54) is 0 Å². The topological polar surface area (TPSA) is 127 Å². The Labute approximate surface area is 203 Å². The maximum Gasteiger partial charge on any atom is 0.333 e. The summed E-state index contributed by atoms with van der Waals surface area (Å²) in [5, 5.41) is 19.4.